The lowest BCUT2D eigenvalue weighted by Crippen LogP contribution is -2.41. The molecule has 23 heavy (non-hydrogen) atoms. The standard InChI is InChI=1S/C17H21N3O3/c1-17(2,3)14(21)10-18-16(23)15(22)12-9-19-20(11-12)13-7-5-4-6-8-13/h4-9,11,14,21H,10H2,1-3H3,(H,18,23). The first-order valence-corrected chi connectivity index (χ1v) is 7.39. The first-order chi connectivity index (χ1) is 10.8. The van der Waals surface area contributed by atoms with Crippen molar-refractivity contribution in [2.45, 2.75) is 26.9 Å². The second kappa shape index (κ2) is 6.75. The van der Waals surface area contributed by atoms with Crippen molar-refractivity contribution in [3.05, 3.63) is 48.3 Å². The Balaban J connectivity index is 2.01. The lowest BCUT2D eigenvalue weighted by atomic mass is 9.89. The van der Waals surface area contributed by atoms with Crippen LogP contribution >= 0.6 is 0 Å². The number of Topliss-reactive ketones (excluding diaryl/α,β-unsaturated/α-hetero) is 1. The van der Waals surface area contributed by atoms with E-state index in [9.17, 15) is 14.7 Å². The van der Waals surface area contributed by atoms with Gasteiger partial charge in [0.25, 0.3) is 11.7 Å². The molecule has 0 saturated carbocycles. The highest BCUT2D eigenvalue weighted by atomic mass is 16.3. The van der Waals surface area contributed by atoms with E-state index in [1.807, 2.05) is 51.1 Å². The van der Waals surface area contributed by atoms with Gasteiger partial charge in [0.1, 0.15) is 0 Å². The molecule has 1 heterocycles. The van der Waals surface area contributed by atoms with Crippen molar-refractivity contribution < 1.29 is 14.7 Å². The van der Waals surface area contributed by atoms with Crippen LogP contribution in [-0.2, 0) is 4.79 Å². The molecule has 0 radical (unpaired) electrons. The minimum absolute atomic E-state index is 0.0287. The van der Waals surface area contributed by atoms with Crippen molar-refractivity contribution in [3.8, 4) is 5.69 Å². The van der Waals surface area contributed by atoms with Crippen molar-refractivity contribution in [2.75, 3.05) is 6.54 Å². The zero-order valence-corrected chi connectivity index (χ0v) is 13.5. The number of amides is 1. The van der Waals surface area contributed by atoms with Crippen LogP contribution in [0.5, 0.6) is 0 Å². The second-order valence-corrected chi connectivity index (χ2v) is 6.43. The van der Waals surface area contributed by atoms with Crippen LogP contribution in [0.1, 0.15) is 31.1 Å². The van der Waals surface area contributed by atoms with Crippen molar-refractivity contribution in [1.82, 2.24) is 15.1 Å². The Kier molecular flexibility index (Phi) is 4.95. The minimum Gasteiger partial charge on any atom is -0.391 e. The van der Waals surface area contributed by atoms with Crippen LogP contribution in [-0.4, -0.2) is 39.2 Å². The maximum absolute atomic E-state index is 12.1. The number of benzene rings is 1. The molecule has 2 aromatic rings. The van der Waals surface area contributed by atoms with Gasteiger partial charge in [-0.3, -0.25) is 9.59 Å². The van der Waals surface area contributed by atoms with Crippen molar-refractivity contribution in [2.24, 2.45) is 5.41 Å². The average Bonchev–Trinajstić information content (AvgIpc) is 3.01. The van der Waals surface area contributed by atoms with Gasteiger partial charge in [0, 0.05) is 12.7 Å². The summed E-state index contributed by atoms with van der Waals surface area (Å²) in [5.74, 6) is -1.42. The molecule has 1 aromatic carbocycles. The fourth-order valence-corrected chi connectivity index (χ4v) is 1.87. The lowest BCUT2D eigenvalue weighted by molar-refractivity contribution is -0.117. The highest BCUT2D eigenvalue weighted by molar-refractivity contribution is 6.42. The SMILES string of the molecule is CC(C)(C)C(O)CNC(=O)C(=O)c1cnn(-c2ccccc2)c1. The number of nitrogens with one attached hydrogen (secondary N) is 1. The summed E-state index contributed by atoms with van der Waals surface area (Å²) < 4.78 is 1.53. The Morgan fingerprint density at radius 1 is 1.26 bits per heavy atom. The number of nitrogens with zero attached hydrogens (tertiary/aromatic N) is 2. The van der Waals surface area contributed by atoms with Crippen molar-refractivity contribution >= 4 is 11.7 Å². The first kappa shape index (κ1) is 16.9. The van der Waals surface area contributed by atoms with E-state index in [-0.39, 0.29) is 17.5 Å². The summed E-state index contributed by atoms with van der Waals surface area (Å²) in [5, 5.41) is 16.4. The summed E-state index contributed by atoms with van der Waals surface area (Å²) in [6.07, 6.45) is 2.14. The number of carbonyl (C=O) groups excluding carboxylic acids is 2. The highest BCUT2D eigenvalue weighted by Gasteiger charge is 2.24. The van der Waals surface area contributed by atoms with Crippen LogP contribution in [0, 0.1) is 5.41 Å². The van der Waals surface area contributed by atoms with Crippen molar-refractivity contribution in [3.63, 3.8) is 0 Å². The Labute approximate surface area is 135 Å². The minimum atomic E-state index is -0.749. The molecule has 0 aliphatic heterocycles. The zero-order valence-electron chi connectivity index (χ0n) is 13.5. The third-order valence-electron chi connectivity index (χ3n) is 3.53. The number of hydrogen-bond donors (Lipinski definition) is 2. The molecule has 0 aliphatic rings. The van der Waals surface area contributed by atoms with Gasteiger partial charge in [-0.05, 0) is 17.5 Å². The van der Waals surface area contributed by atoms with Gasteiger partial charge in [-0.25, -0.2) is 4.68 Å². The molecule has 1 amide bonds. The molecule has 2 rings (SSSR count). The number of aromatic nitrogens is 2. The zero-order chi connectivity index (χ0) is 17.0. The molecule has 0 spiro atoms. The van der Waals surface area contributed by atoms with Gasteiger partial charge in [-0.2, -0.15) is 5.10 Å². The van der Waals surface area contributed by atoms with Crippen LogP contribution in [0.25, 0.3) is 5.69 Å². The maximum Gasteiger partial charge on any atom is 0.292 e. The van der Waals surface area contributed by atoms with E-state index < -0.39 is 17.8 Å². The first-order valence-electron chi connectivity index (χ1n) is 7.39. The molecule has 122 valence electrons. The summed E-state index contributed by atoms with van der Waals surface area (Å²) in [6, 6.07) is 9.30. The lowest BCUT2D eigenvalue weighted by Gasteiger charge is -2.25. The fraction of sp³-hybridized carbons (Fsp3) is 0.353. The summed E-state index contributed by atoms with van der Waals surface area (Å²) in [7, 11) is 0. The molecule has 0 fully saturated rings. The number of para-hydroxylation sites is 1. The number of ketones is 1. The molecule has 1 aromatic heterocycles. The van der Waals surface area contributed by atoms with Gasteiger partial charge >= 0.3 is 0 Å². The van der Waals surface area contributed by atoms with E-state index in [0.717, 1.165) is 5.69 Å². The van der Waals surface area contributed by atoms with Gasteiger partial charge < -0.3 is 10.4 Å². The van der Waals surface area contributed by atoms with E-state index in [1.165, 1.54) is 17.1 Å². The number of aliphatic hydroxyl groups is 1. The van der Waals surface area contributed by atoms with Crippen LogP contribution in [0.4, 0.5) is 0 Å². The van der Waals surface area contributed by atoms with Gasteiger partial charge in [0.05, 0.1) is 23.6 Å². The molecule has 1 unspecified atom stereocenters. The normalized spacial score (nSPS) is 12.7. The Morgan fingerprint density at radius 3 is 2.52 bits per heavy atom. The summed E-state index contributed by atoms with van der Waals surface area (Å²) in [6.45, 7) is 5.60. The van der Waals surface area contributed by atoms with Gasteiger partial charge in [-0.15, -0.1) is 0 Å². The third-order valence-corrected chi connectivity index (χ3v) is 3.53. The van der Waals surface area contributed by atoms with Gasteiger partial charge in [-0.1, -0.05) is 39.0 Å². The molecule has 2 N–H and O–H groups in total. The van der Waals surface area contributed by atoms with E-state index in [4.69, 9.17) is 0 Å². The number of aliphatic hydroxyl groups excluding tert-OH is 1. The largest absolute Gasteiger partial charge is 0.391 e. The summed E-state index contributed by atoms with van der Waals surface area (Å²) in [5.41, 5.74) is 0.640. The Morgan fingerprint density at radius 2 is 1.91 bits per heavy atom. The molecule has 0 saturated heterocycles. The molecule has 6 heteroatoms. The molecule has 0 aliphatic carbocycles. The third kappa shape index (κ3) is 4.26. The molecule has 1 atom stereocenters. The summed E-state index contributed by atoms with van der Waals surface area (Å²) >= 11 is 0. The van der Waals surface area contributed by atoms with E-state index >= 15 is 0 Å². The number of rotatable bonds is 5. The van der Waals surface area contributed by atoms with Crippen LogP contribution in [0.15, 0.2) is 42.7 Å². The van der Waals surface area contributed by atoms with Crippen LogP contribution in [0.3, 0.4) is 0 Å². The summed E-state index contributed by atoms with van der Waals surface area (Å²) in [4.78, 5) is 24.0. The number of carbonyl (C=O) groups is 2. The Bertz CT molecular complexity index is 687. The quantitative estimate of drug-likeness (QED) is 0.648. The predicted octanol–water partition coefficient (Wildman–Crippen LogP) is 1.58. The average molecular weight is 315 g/mol. The fourth-order valence-electron chi connectivity index (χ4n) is 1.87. The Hall–Kier alpha value is -2.47. The molecule has 0 bridgehead atoms. The predicted molar refractivity (Wildman–Crippen MR) is 86.4 cm³/mol. The maximum atomic E-state index is 12.1. The van der Waals surface area contributed by atoms with E-state index in [0.29, 0.717) is 0 Å². The smallest absolute Gasteiger partial charge is 0.292 e. The van der Waals surface area contributed by atoms with Gasteiger partial charge in [0.2, 0.25) is 0 Å². The topological polar surface area (TPSA) is 84.2 Å². The molecule has 6 nitrogen and oxygen atoms in total. The van der Waals surface area contributed by atoms with Crippen LogP contribution in [0.2, 0.25) is 0 Å². The second-order valence-electron chi connectivity index (χ2n) is 6.43. The van der Waals surface area contributed by atoms with Crippen LogP contribution < -0.4 is 5.32 Å². The van der Waals surface area contributed by atoms with Gasteiger partial charge in [0.15, 0.2) is 0 Å². The monoisotopic (exact) mass is 315 g/mol. The molecular formula is C17H21N3O3. The number of hydrogen-bond acceptors (Lipinski definition) is 4. The van der Waals surface area contributed by atoms with Crippen molar-refractivity contribution in [1.29, 1.82) is 0 Å². The molecular weight excluding hydrogens is 294 g/mol. The van der Waals surface area contributed by atoms with E-state index in [2.05, 4.69) is 10.4 Å². The highest BCUT2D eigenvalue weighted by Crippen LogP contribution is 2.18. The van der Waals surface area contributed by atoms with E-state index in [1.54, 1.807) is 0 Å².